The van der Waals surface area contributed by atoms with Crippen LogP contribution in [0.15, 0.2) is 24.4 Å². The van der Waals surface area contributed by atoms with Crippen LogP contribution in [0.3, 0.4) is 0 Å². The quantitative estimate of drug-likeness (QED) is 0.295. The Labute approximate surface area is 144 Å². The van der Waals surface area contributed by atoms with Gasteiger partial charge in [-0.15, -0.1) is 0 Å². The number of carbonyl (C=O) groups is 1. The van der Waals surface area contributed by atoms with Crippen LogP contribution in [0.1, 0.15) is 97.3 Å². The standard InChI is InChI=1S/C18H35N.C2H4O2/c1-2-3-4-5-6-7-8-9-10-11-12-13-14-15-16-17-18-19;1-2(3)4/h15-18H,2-14,19H2,1H3;1H3,(H,3,4). The first kappa shape index (κ1) is 24.0. The minimum atomic E-state index is -0.833. The van der Waals surface area contributed by atoms with E-state index in [1.807, 2.05) is 12.2 Å². The van der Waals surface area contributed by atoms with Crippen LogP contribution in [0.2, 0.25) is 0 Å². The first-order valence-electron chi connectivity index (χ1n) is 9.38. The molecule has 23 heavy (non-hydrogen) atoms. The van der Waals surface area contributed by atoms with E-state index in [0.717, 1.165) is 6.92 Å². The number of aliphatic carboxylic acids is 1. The third-order valence-electron chi connectivity index (χ3n) is 3.58. The molecule has 0 saturated heterocycles. The highest BCUT2D eigenvalue weighted by Crippen LogP contribution is 2.12. The number of hydrogen-bond donors (Lipinski definition) is 2. The summed E-state index contributed by atoms with van der Waals surface area (Å²) >= 11 is 0. The minimum absolute atomic E-state index is 0.833. The predicted octanol–water partition coefficient (Wildman–Crippen LogP) is 6.20. The Balaban J connectivity index is 0. The van der Waals surface area contributed by atoms with Crippen molar-refractivity contribution in [2.75, 3.05) is 0 Å². The molecule has 0 bridgehead atoms. The van der Waals surface area contributed by atoms with E-state index in [4.69, 9.17) is 15.6 Å². The molecular weight excluding hydrogens is 286 g/mol. The van der Waals surface area contributed by atoms with E-state index in [9.17, 15) is 0 Å². The third kappa shape index (κ3) is 33.5. The van der Waals surface area contributed by atoms with Gasteiger partial charge in [0.25, 0.3) is 5.97 Å². The second-order valence-electron chi connectivity index (χ2n) is 6.01. The Morgan fingerprint density at radius 3 is 1.61 bits per heavy atom. The highest BCUT2D eigenvalue weighted by Gasteiger charge is 1.92. The Hall–Kier alpha value is -1.25. The fourth-order valence-corrected chi connectivity index (χ4v) is 2.34. The van der Waals surface area contributed by atoms with Crippen molar-refractivity contribution in [1.29, 1.82) is 0 Å². The monoisotopic (exact) mass is 325 g/mol. The molecule has 0 saturated carbocycles. The van der Waals surface area contributed by atoms with Gasteiger partial charge in [0.2, 0.25) is 0 Å². The molecular formula is C20H39NO2. The van der Waals surface area contributed by atoms with Crippen molar-refractivity contribution < 1.29 is 9.90 Å². The van der Waals surface area contributed by atoms with Gasteiger partial charge in [0, 0.05) is 6.92 Å². The van der Waals surface area contributed by atoms with E-state index in [1.165, 1.54) is 83.5 Å². The first-order chi connectivity index (χ1) is 11.1. The van der Waals surface area contributed by atoms with Gasteiger partial charge < -0.3 is 10.8 Å². The Morgan fingerprint density at radius 1 is 0.826 bits per heavy atom. The van der Waals surface area contributed by atoms with Crippen molar-refractivity contribution in [1.82, 2.24) is 0 Å². The molecule has 0 aliphatic rings. The largest absolute Gasteiger partial charge is 0.481 e. The number of nitrogens with two attached hydrogens (primary N) is 1. The fraction of sp³-hybridized carbons (Fsp3) is 0.750. The van der Waals surface area contributed by atoms with Gasteiger partial charge in [-0.1, -0.05) is 89.7 Å². The van der Waals surface area contributed by atoms with E-state index in [0.29, 0.717) is 0 Å². The summed E-state index contributed by atoms with van der Waals surface area (Å²) in [6, 6.07) is 0. The van der Waals surface area contributed by atoms with Crippen molar-refractivity contribution in [3.05, 3.63) is 24.4 Å². The lowest BCUT2D eigenvalue weighted by Crippen LogP contribution is -1.82. The number of carboxylic acids is 1. The molecule has 0 aliphatic carbocycles. The van der Waals surface area contributed by atoms with Gasteiger partial charge in [-0.2, -0.15) is 0 Å². The number of allylic oxidation sites excluding steroid dienone is 3. The molecule has 0 radical (unpaired) electrons. The van der Waals surface area contributed by atoms with Crippen molar-refractivity contribution in [2.45, 2.75) is 97.3 Å². The van der Waals surface area contributed by atoms with Crippen LogP contribution >= 0.6 is 0 Å². The van der Waals surface area contributed by atoms with Gasteiger partial charge in [-0.05, 0) is 25.1 Å². The topological polar surface area (TPSA) is 63.3 Å². The maximum Gasteiger partial charge on any atom is 0.300 e. The zero-order valence-corrected chi connectivity index (χ0v) is 15.4. The summed E-state index contributed by atoms with van der Waals surface area (Å²) in [6.07, 6.45) is 26.0. The van der Waals surface area contributed by atoms with Crippen molar-refractivity contribution in [3.63, 3.8) is 0 Å². The van der Waals surface area contributed by atoms with E-state index < -0.39 is 5.97 Å². The first-order valence-corrected chi connectivity index (χ1v) is 9.38. The SMILES string of the molecule is CC(=O)O.CCCCCCCCCCCCCCC=CC=CN. The van der Waals surface area contributed by atoms with E-state index in [1.54, 1.807) is 6.20 Å². The predicted molar refractivity (Wildman–Crippen MR) is 101 cm³/mol. The fourth-order valence-electron chi connectivity index (χ4n) is 2.34. The number of unbranched alkanes of at least 4 members (excludes halogenated alkanes) is 12. The summed E-state index contributed by atoms with van der Waals surface area (Å²) in [7, 11) is 0. The summed E-state index contributed by atoms with van der Waals surface area (Å²) < 4.78 is 0. The van der Waals surface area contributed by atoms with Crippen LogP contribution in [0.25, 0.3) is 0 Å². The van der Waals surface area contributed by atoms with Gasteiger partial charge in [0.05, 0.1) is 0 Å². The molecule has 0 aliphatic heterocycles. The second kappa shape index (κ2) is 23.0. The molecule has 3 N–H and O–H groups in total. The lowest BCUT2D eigenvalue weighted by molar-refractivity contribution is -0.134. The van der Waals surface area contributed by atoms with Crippen LogP contribution in [-0.2, 0) is 4.79 Å². The van der Waals surface area contributed by atoms with Gasteiger partial charge in [-0.25, -0.2) is 0 Å². The van der Waals surface area contributed by atoms with Crippen molar-refractivity contribution in [3.8, 4) is 0 Å². The van der Waals surface area contributed by atoms with Crippen LogP contribution in [0.4, 0.5) is 0 Å². The number of hydrogen-bond acceptors (Lipinski definition) is 2. The van der Waals surface area contributed by atoms with Gasteiger partial charge >= 0.3 is 0 Å². The maximum absolute atomic E-state index is 9.00. The normalized spacial score (nSPS) is 10.9. The maximum atomic E-state index is 9.00. The average Bonchev–Trinajstić information content (AvgIpc) is 2.50. The second-order valence-corrected chi connectivity index (χ2v) is 6.01. The molecule has 3 heteroatoms. The van der Waals surface area contributed by atoms with Crippen LogP contribution in [-0.4, -0.2) is 11.1 Å². The zero-order chi connectivity index (χ0) is 17.6. The van der Waals surface area contributed by atoms with Crippen LogP contribution in [0.5, 0.6) is 0 Å². The molecule has 0 atom stereocenters. The number of carboxylic acid groups (broad SMARTS) is 1. The molecule has 0 spiro atoms. The molecule has 0 aromatic rings. The van der Waals surface area contributed by atoms with Crippen molar-refractivity contribution in [2.24, 2.45) is 5.73 Å². The molecule has 0 unspecified atom stereocenters. The Morgan fingerprint density at radius 2 is 1.22 bits per heavy atom. The Kier molecular flexibility index (Phi) is 24.0. The molecule has 136 valence electrons. The summed E-state index contributed by atoms with van der Waals surface area (Å²) in [6.45, 7) is 3.37. The van der Waals surface area contributed by atoms with Gasteiger partial charge in [0.15, 0.2) is 0 Å². The molecule has 0 fully saturated rings. The summed E-state index contributed by atoms with van der Waals surface area (Å²) in [5.41, 5.74) is 5.25. The van der Waals surface area contributed by atoms with Crippen LogP contribution < -0.4 is 5.73 Å². The highest BCUT2D eigenvalue weighted by atomic mass is 16.4. The minimum Gasteiger partial charge on any atom is -0.481 e. The third-order valence-corrected chi connectivity index (χ3v) is 3.58. The van der Waals surface area contributed by atoms with E-state index in [-0.39, 0.29) is 0 Å². The summed E-state index contributed by atoms with van der Waals surface area (Å²) in [4.78, 5) is 9.00. The summed E-state index contributed by atoms with van der Waals surface area (Å²) in [5.74, 6) is -0.833. The molecule has 0 aromatic heterocycles. The smallest absolute Gasteiger partial charge is 0.300 e. The van der Waals surface area contributed by atoms with Gasteiger partial charge in [0.1, 0.15) is 0 Å². The number of rotatable bonds is 14. The van der Waals surface area contributed by atoms with E-state index >= 15 is 0 Å². The molecule has 3 nitrogen and oxygen atoms in total. The lowest BCUT2D eigenvalue weighted by atomic mass is 10.0. The molecule has 0 amide bonds. The lowest BCUT2D eigenvalue weighted by Gasteiger charge is -2.02. The van der Waals surface area contributed by atoms with Crippen LogP contribution in [0, 0.1) is 0 Å². The van der Waals surface area contributed by atoms with Crippen molar-refractivity contribution >= 4 is 5.97 Å². The zero-order valence-electron chi connectivity index (χ0n) is 15.4. The molecule has 0 heterocycles. The molecule has 0 rings (SSSR count). The van der Waals surface area contributed by atoms with Gasteiger partial charge in [-0.3, -0.25) is 4.79 Å². The highest BCUT2D eigenvalue weighted by molar-refractivity contribution is 5.62. The average molecular weight is 326 g/mol. The summed E-state index contributed by atoms with van der Waals surface area (Å²) in [5, 5.41) is 7.42. The molecule has 0 aromatic carbocycles. The van der Waals surface area contributed by atoms with E-state index in [2.05, 4.69) is 13.0 Å². The Bertz CT molecular complexity index is 281.